The number of nitrogens with one attached hydrogen (secondary N) is 1. The smallest absolute Gasteiger partial charge is 0.269 e. The number of carbonyl (C=O) groups excluding carboxylic acids is 2. The number of hydrogen-bond donors (Lipinski definition) is 1. The first kappa shape index (κ1) is 21.1. The Bertz CT molecular complexity index is 1240. The molecule has 0 saturated carbocycles. The number of nitriles is 1. The Morgan fingerprint density at radius 1 is 1.34 bits per heavy atom. The van der Waals surface area contributed by atoms with Gasteiger partial charge in [-0.2, -0.15) is 10.4 Å². The van der Waals surface area contributed by atoms with E-state index in [2.05, 4.69) is 21.5 Å². The maximum Gasteiger partial charge on any atom is 0.269 e. The topological polar surface area (TPSA) is 113 Å². The van der Waals surface area contributed by atoms with Gasteiger partial charge in [0, 0.05) is 45.0 Å². The van der Waals surface area contributed by atoms with Crippen LogP contribution in [0.4, 0.5) is 5.82 Å². The van der Waals surface area contributed by atoms with Crippen LogP contribution in [-0.2, 0) is 19.9 Å². The Kier molecular flexibility index (Phi) is 5.60. The van der Waals surface area contributed by atoms with Gasteiger partial charge in [0.1, 0.15) is 23.1 Å². The Morgan fingerprint density at radius 3 is 2.81 bits per heavy atom. The van der Waals surface area contributed by atoms with Gasteiger partial charge in [-0.05, 0) is 41.3 Å². The summed E-state index contributed by atoms with van der Waals surface area (Å²) in [4.78, 5) is 30.8. The number of aryl methyl sites for hydroxylation is 1. The summed E-state index contributed by atoms with van der Waals surface area (Å²) >= 11 is 0. The van der Waals surface area contributed by atoms with Crippen LogP contribution in [0.1, 0.15) is 43.1 Å². The Hall–Kier alpha value is -4.19. The van der Waals surface area contributed by atoms with Gasteiger partial charge in [0.05, 0.1) is 7.11 Å². The number of pyridine rings is 1. The lowest BCUT2D eigenvalue weighted by Gasteiger charge is -2.28. The molecule has 9 nitrogen and oxygen atoms in total. The molecule has 1 aliphatic rings. The van der Waals surface area contributed by atoms with E-state index in [0.29, 0.717) is 47.8 Å². The Labute approximate surface area is 185 Å². The van der Waals surface area contributed by atoms with E-state index in [-0.39, 0.29) is 11.8 Å². The largest absolute Gasteiger partial charge is 0.496 e. The molecule has 0 saturated heterocycles. The summed E-state index contributed by atoms with van der Waals surface area (Å²) in [6.45, 7) is 0.435. The van der Waals surface area contributed by atoms with E-state index >= 15 is 0 Å². The van der Waals surface area contributed by atoms with Crippen molar-refractivity contribution in [1.82, 2.24) is 20.1 Å². The standard InChI is InChI=1S/C23H22N6O3/c1-25-22(30)19-5-4-14(12-26-19)8-16-9-18-15(10-20(16)32-3)6-7-29(23(18)31)21-17(11-24)13-28(2)27-21/h4-5,9-10,12-13H,6-8H2,1-3H3,(H,25,30). The number of ether oxygens (including phenoxy) is 1. The Balaban J connectivity index is 1.67. The number of rotatable bonds is 5. The van der Waals surface area contributed by atoms with Crippen LogP contribution in [0.25, 0.3) is 0 Å². The van der Waals surface area contributed by atoms with E-state index in [1.165, 1.54) is 4.68 Å². The molecule has 4 rings (SSSR count). The highest BCUT2D eigenvalue weighted by Crippen LogP contribution is 2.32. The van der Waals surface area contributed by atoms with Crippen LogP contribution in [0.15, 0.2) is 36.7 Å². The summed E-state index contributed by atoms with van der Waals surface area (Å²) in [5.74, 6) is 0.617. The molecule has 9 heteroatoms. The van der Waals surface area contributed by atoms with Gasteiger partial charge in [-0.1, -0.05) is 6.07 Å². The summed E-state index contributed by atoms with van der Waals surface area (Å²) in [5.41, 5.74) is 3.87. The predicted molar refractivity (Wildman–Crippen MR) is 117 cm³/mol. The fraction of sp³-hybridized carbons (Fsp3) is 0.261. The molecule has 2 aromatic heterocycles. The van der Waals surface area contributed by atoms with Crippen LogP contribution in [0, 0.1) is 11.3 Å². The van der Waals surface area contributed by atoms with Gasteiger partial charge in [-0.15, -0.1) is 0 Å². The summed E-state index contributed by atoms with van der Waals surface area (Å²) < 4.78 is 7.11. The van der Waals surface area contributed by atoms with Crippen LogP contribution in [0.5, 0.6) is 5.75 Å². The van der Waals surface area contributed by atoms with Crippen molar-refractivity contribution < 1.29 is 14.3 Å². The molecular weight excluding hydrogens is 408 g/mol. The van der Waals surface area contributed by atoms with Crippen molar-refractivity contribution in [3.05, 3.63) is 70.2 Å². The molecule has 3 heterocycles. The normalized spacial score (nSPS) is 12.8. The third-order valence-electron chi connectivity index (χ3n) is 5.45. The quantitative estimate of drug-likeness (QED) is 0.661. The van der Waals surface area contributed by atoms with E-state index in [1.54, 1.807) is 44.6 Å². The summed E-state index contributed by atoms with van der Waals surface area (Å²) in [7, 11) is 4.88. The van der Waals surface area contributed by atoms with Crippen LogP contribution >= 0.6 is 0 Å². The zero-order valence-electron chi connectivity index (χ0n) is 18.0. The van der Waals surface area contributed by atoms with Gasteiger partial charge in [0.15, 0.2) is 5.82 Å². The van der Waals surface area contributed by atoms with E-state index in [0.717, 1.165) is 16.7 Å². The molecule has 0 radical (unpaired) electrons. The molecule has 0 atom stereocenters. The minimum absolute atomic E-state index is 0.196. The maximum absolute atomic E-state index is 13.3. The maximum atomic E-state index is 13.3. The molecule has 0 unspecified atom stereocenters. The zero-order chi connectivity index (χ0) is 22.8. The molecule has 32 heavy (non-hydrogen) atoms. The number of methoxy groups -OCH3 is 1. The average molecular weight is 430 g/mol. The molecule has 0 aliphatic carbocycles. The van der Waals surface area contributed by atoms with E-state index in [9.17, 15) is 14.9 Å². The van der Waals surface area contributed by atoms with Gasteiger partial charge >= 0.3 is 0 Å². The summed E-state index contributed by atoms with van der Waals surface area (Å²) in [5, 5.41) is 16.3. The molecule has 1 aliphatic heterocycles. The van der Waals surface area contributed by atoms with Crippen LogP contribution in [0.3, 0.4) is 0 Å². The summed E-state index contributed by atoms with van der Waals surface area (Å²) in [6.07, 6.45) is 4.36. The molecule has 0 fully saturated rings. The van der Waals surface area contributed by atoms with Gasteiger partial charge in [-0.3, -0.25) is 24.2 Å². The molecule has 162 valence electrons. The number of anilines is 1. The minimum atomic E-state index is -0.250. The number of carbonyl (C=O) groups is 2. The van der Waals surface area contributed by atoms with Crippen molar-refractivity contribution >= 4 is 17.6 Å². The highest BCUT2D eigenvalue weighted by molar-refractivity contribution is 6.08. The molecule has 0 bridgehead atoms. The molecule has 3 aromatic rings. The lowest BCUT2D eigenvalue weighted by molar-refractivity contribution is 0.0955. The lowest BCUT2D eigenvalue weighted by Crippen LogP contribution is -2.38. The highest BCUT2D eigenvalue weighted by Gasteiger charge is 2.30. The second-order valence-electron chi connectivity index (χ2n) is 7.49. The lowest BCUT2D eigenvalue weighted by atomic mass is 9.93. The molecular formula is C23H22N6O3. The first-order valence-electron chi connectivity index (χ1n) is 10.1. The van der Waals surface area contributed by atoms with Crippen LogP contribution in [0.2, 0.25) is 0 Å². The van der Waals surface area contributed by atoms with Crippen molar-refractivity contribution in [2.24, 2.45) is 7.05 Å². The first-order valence-corrected chi connectivity index (χ1v) is 10.1. The van der Waals surface area contributed by atoms with E-state index in [4.69, 9.17) is 4.74 Å². The second-order valence-corrected chi connectivity index (χ2v) is 7.49. The first-order chi connectivity index (χ1) is 15.4. The number of hydrogen-bond acceptors (Lipinski definition) is 6. The second kappa shape index (κ2) is 8.51. The third-order valence-corrected chi connectivity index (χ3v) is 5.45. The molecule has 1 N–H and O–H groups in total. The number of aromatic nitrogens is 3. The fourth-order valence-electron chi connectivity index (χ4n) is 3.85. The third kappa shape index (κ3) is 3.78. The number of amides is 2. The van der Waals surface area contributed by atoms with E-state index in [1.807, 2.05) is 18.2 Å². The molecule has 0 spiro atoms. The SMILES string of the molecule is CNC(=O)c1ccc(Cc2cc3c(cc2OC)CCN(c2nn(C)cc2C#N)C3=O)cn1. The van der Waals surface area contributed by atoms with Crippen LogP contribution in [-0.4, -0.2) is 47.3 Å². The number of benzene rings is 1. The highest BCUT2D eigenvalue weighted by atomic mass is 16.5. The fourth-order valence-corrected chi connectivity index (χ4v) is 3.85. The number of nitrogens with zero attached hydrogens (tertiary/aromatic N) is 5. The Morgan fingerprint density at radius 2 is 2.16 bits per heavy atom. The van der Waals surface area contributed by atoms with Gasteiger partial charge < -0.3 is 10.1 Å². The van der Waals surface area contributed by atoms with Crippen LogP contribution < -0.4 is 15.0 Å². The van der Waals surface area contributed by atoms with Gasteiger partial charge in [0.25, 0.3) is 11.8 Å². The summed E-state index contributed by atoms with van der Waals surface area (Å²) in [6, 6.07) is 9.33. The minimum Gasteiger partial charge on any atom is -0.496 e. The van der Waals surface area contributed by atoms with Gasteiger partial charge in [0.2, 0.25) is 0 Å². The average Bonchev–Trinajstić information content (AvgIpc) is 3.19. The van der Waals surface area contributed by atoms with Crippen molar-refractivity contribution in [2.75, 3.05) is 25.6 Å². The number of fused-ring (bicyclic) bond motifs is 1. The van der Waals surface area contributed by atoms with Crippen molar-refractivity contribution in [3.8, 4) is 11.8 Å². The van der Waals surface area contributed by atoms with E-state index < -0.39 is 0 Å². The van der Waals surface area contributed by atoms with Crippen molar-refractivity contribution in [2.45, 2.75) is 12.8 Å². The predicted octanol–water partition coefficient (Wildman–Crippen LogP) is 1.85. The molecule has 1 aromatic carbocycles. The molecule has 2 amide bonds. The van der Waals surface area contributed by atoms with Crippen molar-refractivity contribution in [3.63, 3.8) is 0 Å². The van der Waals surface area contributed by atoms with Gasteiger partial charge in [-0.25, -0.2) is 0 Å². The zero-order valence-corrected chi connectivity index (χ0v) is 18.0. The van der Waals surface area contributed by atoms with Crippen molar-refractivity contribution in [1.29, 1.82) is 5.26 Å². The monoisotopic (exact) mass is 430 g/mol.